The van der Waals surface area contributed by atoms with Gasteiger partial charge in [-0.05, 0) is 6.92 Å². The van der Waals surface area contributed by atoms with Gasteiger partial charge in [-0.25, -0.2) is 0 Å². The maximum Gasteiger partial charge on any atom is 0.177 e. The van der Waals surface area contributed by atoms with Gasteiger partial charge in [-0.3, -0.25) is 4.68 Å². The van der Waals surface area contributed by atoms with Crippen molar-refractivity contribution in [1.29, 1.82) is 0 Å². The topological polar surface area (TPSA) is 74.6 Å². The minimum Gasteiger partial charge on any atom is -0.325 e. The van der Waals surface area contributed by atoms with Crippen molar-refractivity contribution in [2.75, 3.05) is 0 Å². The molecule has 0 saturated heterocycles. The molecule has 6 nitrogen and oxygen atoms in total. The monoisotopic (exact) mass is 192 g/mol. The number of nitrogens with two attached hydrogens (primary N) is 1. The molecule has 0 amide bonds. The molecule has 14 heavy (non-hydrogen) atoms. The first-order valence-corrected chi connectivity index (χ1v) is 4.33. The summed E-state index contributed by atoms with van der Waals surface area (Å²) in [4.78, 5) is 0. The third-order valence-corrected chi connectivity index (χ3v) is 2.15. The smallest absolute Gasteiger partial charge is 0.177 e. The lowest BCUT2D eigenvalue weighted by atomic mass is 10.4. The van der Waals surface area contributed by atoms with E-state index in [-0.39, 0.29) is 0 Å². The average molecular weight is 192 g/mol. The van der Waals surface area contributed by atoms with Gasteiger partial charge in [-0.1, -0.05) is 5.21 Å². The molecule has 2 aromatic rings. The summed E-state index contributed by atoms with van der Waals surface area (Å²) in [5, 5.41) is 12.0. The van der Waals surface area contributed by atoms with E-state index < -0.39 is 0 Å². The Hall–Kier alpha value is -1.69. The first-order chi connectivity index (χ1) is 6.72. The lowest BCUT2D eigenvalue weighted by Crippen LogP contribution is -2.07. The molecule has 0 unspecified atom stereocenters. The van der Waals surface area contributed by atoms with Crippen LogP contribution in [0.1, 0.15) is 11.4 Å². The lowest BCUT2D eigenvalue weighted by molar-refractivity contribution is 0.688. The fourth-order valence-corrected chi connectivity index (χ4v) is 1.23. The van der Waals surface area contributed by atoms with Crippen molar-refractivity contribution in [3.63, 3.8) is 0 Å². The van der Waals surface area contributed by atoms with Crippen LogP contribution in [0, 0.1) is 6.92 Å². The summed E-state index contributed by atoms with van der Waals surface area (Å²) in [5.74, 6) is 0.753. The lowest BCUT2D eigenvalue weighted by Gasteiger charge is -1.98. The van der Waals surface area contributed by atoms with Crippen molar-refractivity contribution < 1.29 is 0 Å². The van der Waals surface area contributed by atoms with E-state index in [9.17, 15) is 0 Å². The van der Waals surface area contributed by atoms with Crippen molar-refractivity contribution in [1.82, 2.24) is 24.8 Å². The highest BCUT2D eigenvalue weighted by atomic mass is 15.5. The van der Waals surface area contributed by atoms with Crippen LogP contribution in [0.2, 0.25) is 0 Å². The second kappa shape index (κ2) is 3.22. The SMILES string of the molecule is Cc1cc(-n2nncc2CN)nn1C. The van der Waals surface area contributed by atoms with E-state index in [1.54, 1.807) is 15.6 Å². The van der Waals surface area contributed by atoms with Crippen molar-refractivity contribution in [2.45, 2.75) is 13.5 Å². The summed E-state index contributed by atoms with van der Waals surface area (Å²) in [5.41, 5.74) is 7.46. The Morgan fingerprint density at radius 2 is 2.29 bits per heavy atom. The van der Waals surface area contributed by atoms with Gasteiger partial charge >= 0.3 is 0 Å². The first-order valence-electron chi connectivity index (χ1n) is 4.33. The van der Waals surface area contributed by atoms with Crippen LogP contribution in [0.25, 0.3) is 5.82 Å². The Kier molecular flexibility index (Phi) is 2.05. The van der Waals surface area contributed by atoms with Crippen molar-refractivity contribution >= 4 is 0 Å². The third-order valence-electron chi connectivity index (χ3n) is 2.15. The second-order valence-corrected chi connectivity index (χ2v) is 3.11. The van der Waals surface area contributed by atoms with Gasteiger partial charge in [0, 0.05) is 25.4 Å². The van der Waals surface area contributed by atoms with Crippen LogP contribution in [0.3, 0.4) is 0 Å². The normalized spacial score (nSPS) is 10.8. The first kappa shape index (κ1) is 8.89. The maximum atomic E-state index is 5.54. The van der Waals surface area contributed by atoms with Gasteiger partial charge in [-0.2, -0.15) is 9.78 Å². The zero-order valence-electron chi connectivity index (χ0n) is 8.18. The summed E-state index contributed by atoms with van der Waals surface area (Å²) >= 11 is 0. The molecular formula is C8H12N6. The highest BCUT2D eigenvalue weighted by Crippen LogP contribution is 2.08. The van der Waals surface area contributed by atoms with Gasteiger partial charge in [0.15, 0.2) is 5.82 Å². The quantitative estimate of drug-likeness (QED) is 0.713. The van der Waals surface area contributed by atoms with Crippen LogP contribution < -0.4 is 5.73 Å². The Balaban J connectivity index is 2.49. The summed E-state index contributed by atoms with van der Waals surface area (Å²) in [6.45, 7) is 2.39. The van der Waals surface area contributed by atoms with Gasteiger partial charge in [0.2, 0.25) is 0 Å². The third kappa shape index (κ3) is 1.29. The Labute approximate surface area is 81.3 Å². The molecule has 0 aromatic carbocycles. The maximum absolute atomic E-state index is 5.54. The average Bonchev–Trinajstić information content (AvgIpc) is 2.73. The van der Waals surface area contributed by atoms with E-state index in [1.165, 1.54) is 0 Å². The highest BCUT2D eigenvalue weighted by Gasteiger charge is 2.08. The molecule has 0 bridgehead atoms. The minimum absolute atomic E-state index is 0.405. The predicted octanol–water partition coefficient (Wildman–Crippen LogP) is -0.232. The van der Waals surface area contributed by atoms with Crippen LogP contribution in [0.5, 0.6) is 0 Å². The zero-order chi connectivity index (χ0) is 10.1. The van der Waals surface area contributed by atoms with E-state index in [0.29, 0.717) is 6.54 Å². The largest absolute Gasteiger partial charge is 0.325 e. The summed E-state index contributed by atoms with van der Waals surface area (Å²) in [6.07, 6.45) is 1.64. The fourth-order valence-electron chi connectivity index (χ4n) is 1.23. The van der Waals surface area contributed by atoms with Crippen molar-refractivity contribution in [2.24, 2.45) is 12.8 Å². The number of aryl methyl sites for hydroxylation is 2. The Morgan fingerprint density at radius 1 is 1.50 bits per heavy atom. The molecule has 0 aliphatic rings. The molecular weight excluding hydrogens is 180 g/mol. The molecule has 2 N–H and O–H groups in total. The van der Waals surface area contributed by atoms with Crippen LogP contribution in [0.4, 0.5) is 0 Å². The van der Waals surface area contributed by atoms with Crippen molar-refractivity contribution in [3.05, 3.63) is 23.7 Å². The van der Waals surface area contributed by atoms with Gasteiger partial charge in [0.1, 0.15) is 0 Å². The summed E-state index contributed by atoms with van der Waals surface area (Å²) in [7, 11) is 1.89. The number of nitrogens with zero attached hydrogens (tertiary/aromatic N) is 5. The number of aromatic nitrogens is 5. The van der Waals surface area contributed by atoms with Crippen LogP contribution in [-0.2, 0) is 13.6 Å². The Morgan fingerprint density at radius 3 is 2.86 bits per heavy atom. The molecule has 0 fully saturated rings. The van der Waals surface area contributed by atoms with Crippen molar-refractivity contribution in [3.8, 4) is 5.82 Å². The van der Waals surface area contributed by atoms with E-state index >= 15 is 0 Å². The van der Waals surface area contributed by atoms with E-state index in [4.69, 9.17) is 5.73 Å². The van der Waals surface area contributed by atoms with Gasteiger partial charge in [-0.15, -0.1) is 5.10 Å². The molecule has 0 saturated carbocycles. The number of rotatable bonds is 2. The molecule has 0 aliphatic carbocycles. The standard InChI is InChI=1S/C8H12N6/c1-6-3-8(11-13(6)2)14-7(4-9)5-10-12-14/h3,5H,4,9H2,1-2H3. The molecule has 74 valence electrons. The summed E-state index contributed by atoms with van der Waals surface area (Å²) in [6, 6.07) is 1.94. The number of hydrogen-bond donors (Lipinski definition) is 1. The molecule has 0 radical (unpaired) electrons. The summed E-state index contributed by atoms with van der Waals surface area (Å²) < 4.78 is 3.43. The molecule has 2 aromatic heterocycles. The van der Waals surface area contributed by atoms with E-state index in [2.05, 4.69) is 15.4 Å². The van der Waals surface area contributed by atoms with Crippen LogP contribution >= 0.6 is 0 Å². The highest BCUT2D eigenvalue weighted by molar-refractivity contribution is 5.24. The van der Waals surface area contributed by atoms with Gasteiger partial charge in [0.05, 0.1) is 11.9 Å². The molecule has 2 heterocycles. The second-order valence-electron chi connectivity index (χ2n) is 3.11. The van der Waals surface area contributed by atoms with Gasteiger partial charge < -0.3 is 5.73 Å². The van der Waals surface area contributed by atoms with E-state index in [1.807, 2.05) is 20.0 Å². The minimum atomic E-state index is 0.405. The molecule has 2 rings (SSSR count). The van der Waals surface area contributed by atoms with E-state index in [0.717, 1.165) is 17.2 Å². The molecule has 0 spiro atoms. The van der Waals surface area contributed by atoms with Gasteiger partial charge in [0.25, 0.3) is 0 Å². The Bertz CT molecular complexity index is 421. The van der Waals surface area contributed by atoms with Crippen LogP contribution in [-0.4, -0.2) is 24.8 Å². The zero-order valence-corrected chi connectivity index (χ0v) is 8.18. The molecule has 6 heteroatoms. The molecule has 0 aliphatic heterocycles. The van der Waals surface area contributed by atoms with Crippen LogP contribution in [0.15, 0.2) is 12.3 Å². The number of hydrogen-bond acceptors (Lipinski definition) is 4. The molecule has 0 atom stereocenters. The predicted molar refractivity (Wildman–Crippen MR) is 50.8 cm³/mol. The fraction of sp³-hybridized carbons (Fsp3) is 0.375.